The van der Waals surface area contributed by atoms with Crippen LogP contribution in [-0.4, -0.2) is 9.55 Å². The molecule has 0 aliphatic rings. The molecular weight excluding hydrogens is 278 g/mol. The topological polar surface area (TPSA) is 43.8 Å². The molecule has 3 rings (SSSR count). The number of rotatable bonds is 3. The molecule has 0 aliphatic carbocycles. The molecule has 1 unspecified atom stereocenters. The number of nitrogens with zero attached hydrogens (tertiary/aromatic N) is 2. The van der Waals surface area contributed by atoms with Crippen LogP contribution in [0.4, 0.5) is 5.95 Å². The number of fused-ring (bicyclic) bond motifs is 1. The van der Waals surface area contributed by atoms with Crippen LogP contribution in [0.15, 0.2) is 35.0 Å². The molecule has 2 N–H and O–H groups in total. The molecule has 3 nitrogen and oxygen atoms in total. The zero-order valence-corrected chi connectivity index (χ0v) is 12.1. The van der Waals surface area contributed by atoms with Crippen molar-refractivity contribution in [3.05, 3.63) is 45.6 Å². The van der Waals surface area contributed by atoms with Crippen molar-refractivity contribution in [1.82, 2.24) is 9.55 Å². The average molecular weight is 292 g/mol. The predicted octanol–water partition coefficient (Wildman–Crippen LogP) is 4.14. The van der Waals surface area contributed by atoms with Crippen molar-refractivity contribution in [3.63, 3.8) is 0 Å². The van der Waals surface area contributed by atoms with Crippen molar-refractivity contribution in [2.75, 3.05) is 5.73 Å². The second kappa shape index (κ2) is 4.87. The Balaban J connectivity index is 2.03. The van der Waals surface area contributed by atoms with E-state index in [0.29, 0.717) is 11.0 Å². The van der Waals surface area contributed by atoms with Crippen molar-refractivity contribution in [2.45, 2.75) is 19.4 Å². The standard InChI is InChI=1S/C14H14ClN3S/c1-9(6-10-4-5-19-8-10)18-13-7-11(15)2-3-12(13)17-14(18)16/h2-5,7-9H,6H2,1H3,(H2,16,17). The van der Waals surface area contributed by atoms with E-state index < -0.39 is 0 Å². The van der Waals surface area contributed by atoms with Gasteiger partial charge in [-0.15, -0.1) is 0 Å². The van der Waals surface area contributed by atoms with E-state index in [2.05, 4.69) is 33.3 Å². The molecule has 2 heterocycles. The summed E-state index contributed by atoms with van der Waals surface area (Å²) in [6.45, 7) is 2.15. The fourth-order valence-electron chi connectivity index (χ4n) is 2.39. The van der Waals surface area contributed by atoms with Crippen LogP contribution in [0.1, 0.15) is 18.5 Å². The second-order valence-corrected chi connectivity index (χ2v) is 5.87. The highest BCUT2D eigenvalue weighted by molar-refractivity contribution is 7.07. The Kier molecular flexibility index (Phi) is 3.21. The first-order valence-corrected chi connectivity index (χ1v) is 7.41. The van der Waals surface area contributed by atoms with Gasteiger partial charge < -0.3 is 10.3 Å². The number of hydrogen-bond acceptors (Lipinski definition) is 3. The molecule has 0 aliphatic heterocycles. The van der Waals surface area contributed by atoms with E-state index in [1.807, 2.05) is 18.2 Å². The minimum atomic E-state index is 0.248. The van der Waals surface area contributed by atoms with Gasteiger partial charge in [0.15, 0.2) is 0 Å². The molecule has 0 bridgehead atoms. The highest BCUT2D eigenvalue weighted by Crippen LogP contribution is 2.27. The summed E-state index contributed by atoms with van der Waals surface area (Å²) in [5.74, 6) is 0.542. The van der Waals surface area contributed by atoms with Crippen LogP contribution >= 0.6 is 22.9 Å². The normalized spacial score (nSPS) is 12.9. The quantitative estimate of drug-likeness (QED) is 0.788. The number of benzene rings is 1. The number of nitrogen functional groups attached to an aromatic ring is 1. The minimum absolute atomic E-state index is 0.248. The molecule has 0 saturated carbocycles. The van der Waals surface area contributed by atoms with E-state index in [1.54, 1.807) is 11.3 Å². The summed E-state index contributed by atoms with van der Waals surface area (Å²) < 4.78 is 2.05. The first-order chi connectivity index (χ1) is 9.15. The van der Waals surface area contributed by atoms with Crippen LogP contribution in [0.3, 0.4) is 0 Å². The third-order valence-electron chi connectivity index (χ3n) is 3.23. The van der Waals surface area contributed by atoms with E-state index in [9.17, 15) is 0 Å². The molecule has 0 spiro atoms. The monoisotopic (exact) mass is 291 g/mol. The van der Waals surface area contributed by atoms with Crippen LogP contribution in [0.25, 0.3) is 11.0 Å². The van der Waals surface area contributed by atoms with Gasteiger partial charge in [-0.2, -0.15) is 11.3 Å². The van der Waals surface area contributed by atoms with Crippen molar-refractivity contribution < 1.29 is 0 Å². The lowest BCUT2D eigenvalue weighted by atomic mass is 10.1. The lowest BCUT2D eigenvalue weighted by molar-refractivity contribution is 0.567. The Morgan fingerprint density at radius 3 is 3.00 bits per heavy atom. The van der Waals surface area contributed by atoms with Gasteiger partial charge in [0.2, 0.25) is 5.95 Å². The number of halogens is 1. The Labute approximate surface area is 120 Å². The molecular formula is C14H14ClN3S. The third kappa shape index (κ3) is 2.33. The smallest absolute Gasteiger partial charge is 0.201 e. The van der Waals surface area contributed by atoms with E-state index in [0.717, 1.165) is 17.5 Å². The van der Waals surface area contributed by atoms with Gasteiger partial charge in [-0.25, -0.2) is 4.98 Å². The third-order valence-corrected chi connectivity index (χ3v) is 4.20. The van der Waals surface area contributed by atoms with Gasteiger partial charge >= 0.3 is 0 Å². The van der Waals surface area contributed by atoms with Crippen LogP contribution in [0.2, 0.25) is 5.02 Å². The molecule has 98 valence electrons. The molecule has 5 heteroatoms. The van der Waals surface area contributed by atoms with Crippen LogP contribution in [0, 0.1) is 0 Å². The summed E-state index contributed by atoms with van der Waals surface area (Å²) in [7, 11) is 0. The Morgan fingerprint density at radius 2 is 2.26 bits per heavy atom. The molecule has 0 fully saturated rings. The average Bonchev–Trinajstić information content (AvgIpc) is 2.95. The fraction of sp³-hybridized carbons (Fsp3) is 0.214. The Morgan fingerprint density at radius 1 is 1.42 bits per heavy atom. The van der Waals surface area contributed by atoms with E-state index in [1.165, 1.54) is 5.56 Å². The van der Waals surface area contributed by atoms with E-state index >= 15 is 0 Å². The first kappa shape index (κ1) is 12.5. The SMILES string of the molecule is CC(Cc1ccsc1)n1c(N)nc2ccc(Cl)cc21. The molecule has 19 heavy (non-hydrogen) atoms. The van der Waals surface area contributed by atoms with E-state index in [-0.39, 0.29) is 6.04 Å². The fourth-order valence-corrected chi connectivity index (χ4v) is 3.24. The van der Waals surface area contributed by atoms with Gasteiger partial charge in [0.1, 0.15) is 0 Å². The molecule has 1 atom stereocenters. The van der Waals surface area contributed by atoms with Crippen LogP contribution in [0.5, 0.6) is 0 Å². The Hall–Kier alpha value is -1.52. The summed E-state index contributed by atoms with van der Waals surface area (Å²) in [6, 6.07) is 8.05. The number of imidazole rings is 1. The summed E-state index contributed by atoms with van der Waals surface area (Å²) in [5.41, 5.74) is 9.25. The van der Waals surface area contributed by atoms with Crippen molar-refractivity contribution in [1.29, 1.82) is 0 Å². The zero-order valence-electron chi connectivity index (χ0n) is 10.5. The van der Waals surface area contributed by atoms with E-state index in [4.69, 9.17) is 17.3 Å². The molecule has 0 saturated heterocycles. The largest absolute Gasteiger partial charge is 0.369 e. The molecule has 0 amide bonds. The lowest BCUT2D eigenvalue weighted by Gasteiger charge is -2.15. The number of anilines is 1. The maximum absolute atomic E-state index is 6.07. The number of aromatic nitrogens is 2. The second-order valence-electron chi connectivity index (χ2n) is 4.66. The maximum atomic E-state index is 6.07. The van der Waals surface area contributed by atoms with Crippen molar-refractivity contribution in [2.24, 2.45) is 0 Å². The summed E-state index contributed by atoms with van der Waals surface area (Å²) >= 11 is 7.78. The summed E-state index contributed by atoms with van der Waals surface area (Å²) in [4.78, 5) is 4.39. The zero-order chi connectivity index (χ0) is 13.4. The van der Waals surface area contributed by atoms with Crippen molar-refractivity contribution >= 4 is 39.9 Å². The van der Waals surface area contributed by atoms with Gasteiger partial charge in [-0.1, -0.05) is 11.6 Å². The Bertz CT molecular complexity index is 703. The summed E-state index contributed by atoms with van der Waals surface area (Å²) in [6.07, 6.45) is 0.936. The minimum Gasteiger partial charge on any atom is -0.369 e. The number of nitrogens with two attached hydrogens (primary N) is 1. The van der Waals surface area contributed by atoms with Gasteiger partial charge in [0.05, 0.1) is 11.0 Å². The molecule has 3 aromatic rings. The summed E-state index contributed by atoms with van der Waals surface area (Å²) in [5, 5.41) is 4.96. The first-order valence-electron chi connectivity index (χ1n) is 6.09. The van der Waals surface area contributed by atoms with Gasteiger partial charge in [0, 0.05) is 11.1 Å². The lowest BCUT2D eigenvalue weighted by Crippen LogP contribution is -2.11. The highest BCUT2D eigenvalue weighted by Gasteiger charge is 2.14. The predicted molar refractivity (Wildman–Crippen MR) is 81.9 cm³/mol. The van der Waals surface area contributed by atoms with Crippen LogP contribution < -0.4 is 5.73 Å². The maximum Gasteiger partial charge on any atom is 0.201 e. The van der Waals surface area contributed by atoms with Gasteiger partial charge in [-0.05, 0) is 53.9 Å². The molecule has 1 aromatic carbocycles. The van der Waals surface area contributed by atoms with Crippen LogP contribution in [-0.2, 0) is 6.42 Å². The van der Waals surface area contributed by atoms with Crippen molar-refractivity contribution in [3.8, 4) is 0 Å². The molecule has 2 aromatic heterocycles. The highest BCUT2D eigenvalue weighted by atomic mass is 35.5. The number of thiophene rings is 1. The van der Waals surface area contributed by atoms with Gasteiger partial charge in [-0.3, -0.25) is 0 Å². The number of hydrogen-bond donors (Lipinski definition) is 1. The van der Waals surface area contributed by atoms with Gasteiger partial charge in [0.25, 0.3) is 0 Å². The molecule has 0 radical (unpaired) electrons.